The number of benzene rings is 1. The van der Waals surface area contributed by atoms with E-state index in [1.54, 1.807) is 0 Å². The van der Waals surface area contributed by atoms with Crippen molar-refractivity contribution in [2.24, 2.45) is 5.73 Å². The highest BCUT2D eigenvalue weighted by Gasteiger charge is 2.15. The van der Waals surface area contributed by atoms with Gasteiger partial charge in [-0.05, 0) is 18.2 Å². The number of nitrogens with two attached hydrogens (primary N) is 1. The molecule has 0 bridgehead atoms. The van der Waals surface area contributed by atoms with Gasteiger partial charge in [0.05, 0.1) is 17.7 Å². The van der Waals surface area contributed by atoms with E-state index in [-0.39, 0.29) is 5.69 Å². The maximum absolute atomic E-state index is 13.2. The minimum atomic E-state index is -3.89. The highest BCUT2D eigenvalue weighted by atomic mass is 32.2. The number of carbonyl (C=O) groups is 2. The number of primary amides is 1. The molecule has 0 aromatic heterocycles. The number of hydrogen-bond acceptors (Lipinski definition) is 4. The van der Waals surface area contributed by atoms with Crippen molar-refractivity contribution in [3.8, 4) is 0 Å². The number of aliphatic carboxylic acids is 1. The van der Waals surface area contributed by atoms with Crippen LogP contribution in [0.2, 0.25) is 0 Å². The Bertz CT molecular complexity index is 614. The lowest BCUT2D eigenvalue weighted by molar-refractivity contribution is -0.136. The van der Waals surface area contributed by atoms with Crippen LogP contribution in [0.1, 0.15) is 16.8 Å². The first-order valence-electron chi connectivity index (χ1n) is 5.03. The molecule has 0 aliphatic heterocycles. The first kappa shape index (κ1) is 14.9. The van der Waals surface area contributed by atoms with Crippen molar-refractivity contribution >= 4 is 27.6 Å². The van der Waals surface area contributed by atoms with Crippen LogP contribution in [-0.2, 0) is 14.8 Å². The van der Waals surface area contributed by atoms with Crippen LogP contribution in [0.4, 0.5) is 10.1 Å². The van der Waals surface area contributed by atoms with Gasteiger partial charge in [-0.3, -0.25) is 14.3 Å². The Labute approximate surface area is 108 Å². The molecule has 0 heterocycles. The zero-order chi connectivity index (χ0) is 14.6. The Hall–Kier alpha value is -2.16. The molecule has 9 heteroatoms. The van der Waals surface area contributed by atoms with Gasteiger partial charge in [-0.25, -0.2) is 12.8 Å². The largest absolute Gasteiger partial charge is 0.481 e. The molecule has 0 fully saturated rings. The molecule has 104 valence electrons. The molecule has 7 nitrogen and oxygen atoms in total. The Balaban J connectivity index is 2.91. The van der Waals surface area contributed by atoms with Gasteiger partial charge in [0.25, 0.3) is 5.91 Å². The number of carboxylic acids is 1. The molecule has 19 heavy (non-hydrogen) atoms. The number of carbonyl (C=O) groups excluding carboxylic acids is 1. The Kier molecular flexibility index (Phi) is 4.43. The molecule has 1 rings (SSSR count). The van der Waals surface area contributed by atoms with Crippen LogP contribution in [0.3, 0.4) is 0 Å². The van der Waals surface area contributed by atoms with E-state index in [1.807, 2.05) is 4.72 Å². The molecular formula is C10H11FN2O5S. The van der Waals surface area contributed by atoms with Gasteiger partial charge in [-0.2, -0.15) is 0 Å². The van der Waals surface area contributed by atoms with Gasteiger partial charge in [0.15, 0.2) is 0 Å². The minimum Gasteiger partial charge on any atom is -0.481 e. The van der Waals surface area contributed by atoms with Crippen molar-refractivity contribution in [2.45, 2.75) is 6.42 Å². The molecule has 0 aliphatic carbocycles. The van der Waals surface area contributed by atoms with Crippen LogP contribution in [0.5, 0.6) is 0 Å². The summed E-state index contributed by atoms with van der Waals surface area (Å²) in [5, 5.41) is 8.39. The smallest absolute Gasteiger partial charge is 0.304 e. The quantitative estimate of drug-likeness (QED) is 0.687. The number of halogens is 1. The second-order valence-corrected chi connectivity index (χ2v) is 5.47. The van der Waals surface area contributed by atoms with Crippen molar-refractivity contribution < 1.29 is 27.5 Å². The molecule has 1 aromatic rings. The molecule has 0 radical (unpaired) electrons. The molecule has 0 unspecified atom stereocenters. The highest BCUT2D eigenvalue weighted by Crippen LogP contribution is 2.16. The third kappa shape index (κ3) is 4.54. The fraction of sp³-hybridized carbons (Fsp3) is 0.200. The fourth-order valence-electron chi connectivity index (χ4n) is 1.23. The molecule has 4 N–H and O–H groups in total. The predicted molar refractivity (Wildman–Crippen MR) is 64.6 cm³/mol. The molecule has 0 saturated carbocycles. The molecule has 0 saturated heterocycles. The lowest BCUT2D eigenvalue weighted by Crippen LogP contribution is -2.20. The number of nitrogens with one attached hydrogen (secondary N) is 1. The summed E-state index contributed by atoms with van der Waals surface area (Å²) in [5.41, 5.74) is 4.38. The van der Waals surface area contributed by atoms with E-state index in [9.17, 15) is 22.4 Å². The minimum absolute atomic E-state index is 0.0689. The molecule has 1 aromatic carbocycles. The molecule has 0 spiro atoms. The molecule has 1 amide bonds. The van der Waals surface area contributed by atoms with Gasteiger partial charge >= 0.3 is 5.97 Å². The van der Waals surface area contributed by atoms with Crippen molar-refractivity contribution in [1.29, 1.82) is 0 Å². The number of carboxylic acid groups (broad SMARTS) is 1. The van der Waals surface area contributed by atoms with Crippen molar-refractivity contribution in [2.75, 3.05) is 10.5 Å². The number of anilines is 1. The van der Waals surface area contributed by atoms with Gasteiger partial charge in [0, 0.05) is 5.69 Å². The summed E-state index contributed by atoms with van der Waals surface area (Å²) in [6, 6.07) is 2.92. The van der Waals surface area contributed by atoms with E-state index in [4.69, 9.17) is 10.8 Å². The van der Waals surface area contributed by atoms with Crippen LogP contribution >= 0.6 is 0 Å². The summed E-state index contributed by atoms with van der Waals surface area (Å²) in [7, 11) is -3.89. The van der Waals surface area contributed by atoms with Gasteiger partial charge in [-0.15, -0.1) is 0 Å². The van der Waals surface area contributed by atoms with Gasteiger partial charge in [0.2, 0.25) is 10.0 Å². The topological polar surface area (TPSA) is 127 Å². The van der Waals surface area contributed by atoms with Gasteiger partial charge in [0.1, 0.15) is 5.82 Å². The van der Waals surface area contributed by atoms with Gasteiger partial charge in [-0.1, -0.05) is 0 Å². The second kappa shape index (κ2) is 5.65. The van der Waals surface area contributed by atoms with Crippen molar-refractivity contribution in [3.63, 3.8) is 0 Å². The summed E-state index contributed by atoms with van der Waals surface area (Å²) < 4.78 is 38.2. The first-order chi connectivity index (χ1) is 8.71. The van der Waals surface area contributed by atoms with Crippen molar-refractivity contribution in [3.05, 3.63) is 29.6 Å². The summed E-state index contributed by atoms with van der Waals surface area (Å²) in [6.07, 6.45) is -0.570. The third-order valence-electron chi connectivity index (χ3n) is 2.09. The first-order valence-corrected chi connectivity index (χ1v) is 6.68. The van der Waals surface area contributed by atoms with E-state index in [1.165, 1.54) is 0 Å². The predicted octanol–water partition coefficient (Wildman–Crippen LogP) is 0.141. The number of hydrogen-bond donors (Lipinski definition) is 3. The van der Waals surface area contributed by atoms with Crippen LogP contribution in [0, 0.1) is 5.82 Å². The van der Waals surface area contributed by atoms with Gasteiger partial charge < -0.3 is 10.8 Å². The fourth-order valence-corrected chi connectivity index (χ4v) is 2.26. The Morgan fingerprint density at radius 1 is 1.37 bits per heavy atom. The zero-order valence-corrected chi connectivity index (χ0v) is 10.4. The second-order valence-electron chi connectivity index (χ2n) is 3.62. The maximum Gasteiger partial charge on any atom is 0.304 e. The molecular weight excluding hydrogens is 279 g/mol. The van der Waals surface area contributed by atoms with E-state index in [2.05, 4.69) is 0 Å². The standard InChI is InChI=1S/C10H11FN2O5S/c11-8-2-1-6(5-7(8)10(12)16)13-19(17,18)4-3-9(14)15/h1-2,5,13H,3-4H2,(H2,12,16)(H,14,15). The Morgan fingerprint density at radius 3 is 2.53 bits per heavy atom. The summed E-state index contributed by atoms with van der Waals surface area (Å²) in [4.78, 5) is 21.2. The average molecular weight is 290 g/mol. The van der Waals surface area contributed by atoms with Crippen LogP contribution < -0.4 is 10.5 Å². The molecule has 0 atom stereocenters. The van der Waals surface area contributed by atoms with E-state index >= 15 is 0 Å². The monoisotopic (exact) mass is 290 g/mol. The summed E-state index contributed by atoms with van der Waals surface area (Å²) >= 11 is 0. The lowest BCUT2D eigenvalue weighted by Gasteiger charge is -2.08. The average Bonchev–Trinajstić information content (AvgIpc) is 2.28. The summed E-state index contributed by atoms with van der Waals surface area (Å²) in [5.74, 6) is -3.81. The number of amides is 1. The highest BCUT2D eigenvalue weighted by molar-refractivity contribution is 7.92. The van der Waals surface area contributed by atoms with E-state index in [0.717, 1.165) is 18.2 Å². The number of sulfonamides is 1. The number of rotatable bonds is 6. The van der Waals surface area contributed by atoms with E-state index < -0.39 is 45.5 Å². The van der Waals surface area contributed by atoms with Crippen LogP contribution in [-0.4, -0.2) is 31.2 Å². The van der Waals surface area contributed by atoms with E-state index in [0.29, 0.717) is 0 Å². The normalized spacial score (nSPS) is 11.0. The summed E-state index contributed by atoms with van der Waals surface area (Å²) in [6.45, 7) is 0. The Morgan fingerprint density at radius 2 is 2.00 bits per heavy atom. The lowest BCUT2D eigenvalue weighted by atomic mass is 10.2. The zero-order valence-electron chi connectivity index (χ0n) is 9.59. The maximum atomic E-state index is 13.2. The third-order valence-corrected chi connectivity index (χ3v) is 3.38. The molecule has 0 aliphatic rings. The van der Waals surface area contributed by atoms with Crippen LogP contribution in [0.15, 0.2) is 18.2 Å². The van der Waals surface area contributed by atoms with Crippen molar-refractivity contribution in [1.82, 2.24) is 0 Å². The van der Waals surface area contributed by atoms with Crippen LogP contribution in [0.25, 0.3) is 0 Å². The SMILES string of the molecule is NC(=O)c1cc(NS(=O)(=O)CCC(=O)O)ccc1F.